The van der Waals surface area contributed by atoms with Crippen molar-refractivity contribution in [3.63, 3.8) is 0 Å². The molecule has 0 amide bonds. The SMILES string of the molecule is CCCCCC(CCCC)CC(C)=CC=C(F)CC. The highest BCUT2D eigenvalue weighted by molar-refractivity contribution is 5.13. The fourth-order valence-electron chi connectivity index (χ4n) is 2.40. The van der Waals surface area contributed by atoms with E-state index in [1.54, 1.807) is 6.08 Å². The summed E-state index contributed by atoms with van der Waals surface area (Å²) in [5.41, 5.74) is 1.32. The average Bonchev–Trinajstić information content (AvgIpc) is 2.42. The van der Waals surface area contributed by atoms with E-state index >= 15 is 0 Å². The number of hydrogen-bond acceptors (Lipinski definition) is 0. The Kier molecular flexibility index (Phi) is 12.1. The monoisotopic (exact) mass is 268 g/mol. The zero-order chi connectivity index (χ0) is 14.5. The van der Waals surface area contributed by atoms with Crippen LogP contribution in [0.15, 0.2) is 23.6 Å². The maximum Gasteiger partial charge on any atom is 0.0996 e. The molecule has 0 aromatic heterocycles. The molecule has 0 saturated heterocycles. The molecule has 0 nitrogen and oxygen atoms in total. The first-order valence-electron chi connectivity index (χ1n) is 8.15. The summed E-state index contributed by atoms with van der Waals surface area (Å²) in [5.74, 6) is 0.774. The standard InChI is InChI=1S/C18H33F/c1-5-8-10-12-17(11-9-6-2)15-16(4)13-14-18(19)7-3/h13-14,17H,5-12,15H2,1-4H3. The third kappa shape index (κ3) is 11.0. The lowest BCUT2D eigenvalue weighted by Gasteiger charge is -2.16. The van der Waals surface area contributed by atoms with Crippen molar-refractivity contribution in [3.8, 4) is 0 Å². The van der Waals surface area contributed by atoms with Gasteiger partial charge in [0.25, 0.3) is 0 Å². The molecule has 0 heterocycles. The summed E-state index contributed by atoms with van der Waals surface area (Å²) in [5, 5.41) is 0. The number of rotatable bonds is 11. The Morgan fingerprint density at radius 1 is 0.947 bits per heavy atom. The van der Waals surface area contributed by atoms with Gasteiger partial charge in [-0.2, -0.15) is 0 Å². The Labute approximate surface area is 120 Å². The zero-order valence-electron chi connectivity index (χ0n) is 13.5. The molecule has 1 heteroatoms. The minimum absolute atomic E-state index is 0.0181. The van der Waals surface area contributed by atoms with Gasteiger partial charge in [-0.3, -0.25) is 0 Å². The van der Waals surface area contributed by atoms with Crippen molar-refractivity contribution in [3.05, 3.63) is 23.6 Å². The van der Waals surface area contributed by atoms with E-state index in [4.69, 9.17) is 0 Å². The van der Waals surface area contributed by atoms with Gasteiger partial charge in [-0.25, -0.2) is 4.39 Å². The van der Waals surface area contributed by atoms with Crippen molar-refractivity contribution >= 4 is 0 Å². The van der Waals surface area contributed by atoms with Crippen LogP contribution in [0.2, 0.25) is 0 Å². The molecule has 1 atom stereocenters. The molecular weight excluding hydrogens is 235 g/mol. The summed E-state index contributed by atoms with van der Waals surface area (Å²) in [7, 11) is 0. The molecule has 0 aliphatic rings. The molecule has 0 aromatic carbocycles. The van der Waals surface area contributed by atoms with E-state index in [-0.39, 0.29) is 5.83 Å². The first kappa shape index (κ1) is 18.4. The molecular formula is C18H33F. The molecule has 0 radical (unpaired) electrons. The third-order valence-electron chi connectivity index (χ3n) is 3.68. The van der Waals surface area contributed by atoms with E-state index in [1.807, 2.05) is 13.0 Å². The highest BCUT2D eigenvalue weighted by atomic mass is 19.1. The largest absolute Gasteiger partial charge is 0.212 e. The van der Waals surface area contributed by atoms with Gasteiger partial charge in [-0.05, 0) is 31.8 Å². The average molecular weight is 268 g/mol. The molecule has 0 N–H and O–H groups in total. The lowest BCUT2D eigenvalue weighted by atomic mass is 9.89. The number of halogens is 1. The number of hydrogen-bond donors (Lipinski definition) is 0. The zero-order valence-corrected chi connectivity index (χ0v) is 13.5. The molecule has 0 aliphatic heterocycles. The molecule has 1 unspecified atom stereocenters. The minimum Gasteiger partial charge on any atom is -0.212 e. The van der Waals surface area contributed by atoms with Gasteiger partial charge in [0.1, 0.15) is 0 Å². The van der Waals surface area contributed by atoms with Crippen LogP contribution < -0.4 is 0 Å². The van der Waals surface area contributed by atoms with Gasteiger partial charge >= 0.3 is 0 Å². The summed E-state index contributed by atoms with van der Waals surface area (Å²) in [6, 6.07) is 0. The molecule has 112 valence electrons. The predicted molar refractivity (Wildman–Crippen MR) is 85.0 cm³/mol. The van der Waals surface area contributed by atoms with E-state index in [0.717, 1.165) is 12.3 Å². The van der Waals surface area contributed by atoms with E-state index in [1.165, 1.54) is 50.5 Å². The van der Waals surface area contributed by atoms with Crippen LogP contribution >= 0.6 is 0 Å². The van der Waals surface area contributed by atoms with Crippen molar-refractivity contribution in [2.45, 2.75) is 85.5 Å². The Balaban J connectivity index is 4.27. The van der Waals surface area contributed by atoms with Crippen LogP contribution in [-0.4, -0.2) is 0 Å². The summed E-state index contributed by atoms with van der Waals surface area (Å²) < 4.78 is 13.1. The summed E-state index contributed by atoms with van der Waals surface area (Å²) in [6.45, 7) is 8.50. The maximum atomic E-state index is 13.1. The van der Waals surface area contributed by atoms with Gasteiger partial charge in [0, 0.05) is 0 Å². The van der Waals surface area contributed by atoms with Crippen molar-refractivity contribution in [1.29, 1.82) is 0 Å². The summed E-state index contributed by atoms with van der Waals surface area (Å²) in [6.07, 6.45) is 14.5. The molecule has 0 spiro atoms. The smallest absolute Gasteiger partial charge is 0.0996 e. The molecule has 0 bridgehead atoms. The Morgan fingerprint density at radius 3 is 2.16 bits per heavy atom. The molecule has 0 fully saturated rings. The van der Waals surface area contributed by atoms with Crippen molar-refractivity contribution in [1.82, 2.24) is 0 Å². The van der Waals surface area contributed by atoms with Crippen LogP contribution in [0.4, 0.5) is 4.39 Å². The van der Waals surface area contributed by atoms with Gasteiger partial charge in [0.05, 0.1) is 5.83 Å². The third-order valence-corrected chi connectivity index (χ3v) is 3.68. The minimum atomic E-state index is -0.0181. The molecule has 0 aliphatic carbocycles. The second-order valence-corrected chi connectivity index (χ2v) is 5.69. The fourth-order valence-corrected chi connectivity index (χ4v) is 2.40. The normalized spacial score (nSPS) is 14.8. The van der Waals surface area contributed by atoms with Crippen LogP contribution in [0.25, 0.3) is 0 Å². The summed E-state index contributed by atoms with van der Waals surface area (Å²) in [4.78, 5) is 0. The van der Waals surface area contributed by atoms with E-state index < -0.39 is 0 Å². The predicted octanol–water partition coefficient (Wildman–Crippen LogP) is 6.97. The highest BCUT2D eigenvalue weighted by Crippen LogP contribution is 2.24. The summed E-state index contributed by atoms with van der Waals surface area (Å²) >= 11 is 0. The van der Waals surface area contributed by atoms with Crippen LogP contribution in [-0.2, 0) is 0 Å². The Hall–Kier alpha value is -0.590. The Bertz CT molecular complexity index is 263. The van der Waals surface area contributed by atoms with Crippen LogP contribution in [0.3, 0.4) is 0 Å². The quantitative estimate of drug-likeness (QED) is 0.280. The lowest BCUT2D eigenvalue weighted by molar-refractivity contribution is 0.411. The van der Waals surface area contributed by atoms with Gasteiger partial charge in [-0.1, -0.05) is 77.4 Å². The van der Waals surface area contributed by atoms with Crippen LogP contribution in [0.1, 0.15) is 85.5 Å². The lowest BCUT2D eigenvalue weighted by Crippen LogP contribution is -2.01. The van der Waals surface area contributed by atoms with Crippen molar-refractivity contribution in [2.75, 3.05) is 0 Å². The first-order valence-corrected chi connectivity index (χ1v) is 8.15. The maximum absolute atomic E-state index is 13.1. The number of allylic oxidation sites excluding steroid dienone is 4. The topological polar surface area (TPSA) is 0 Å². The fraction of sp³-hybridized carbons (Fsp3) is 0.778. The second kappa shape index (κ2) is 12.4. The van der Waals surface area contributed by atoms with E-state index in [0.29, 0.717) is 6.42 Å². The molecule has 0 aromatic rings. The Morgan fingerprint density at radius 2 is 1.58 bits per heavy atom. The molecule has 0 rings (SSSR count). The molecule has 19 heavy (non-hydrogen) atoms. The van der Waals surface area contributed by atoms with Gasteiger partial charge < -0.3 is 0 Å². The van der Waals surface area contributed by atoms with E-state index in [9.17, 15) is 4.39 Å². The molecule has 0 saturated carbocycles. The van der Waals surface area contributed by atoms with Gasteiger partial charge in [0.2, 0.25) is 0 Å². The van der Waals surface area contributed by atoms with Gasteiger partial charge in [-0.15, -0.1) is 0 Å². The van der Waals surface area contributed by atoms with Crippen molar-refractivity contribution in [2.24, 2.45) is 5.92 Å². The van der Waals surface area contributed by atoms with Crippen LogP contribution in [0.5, 0.6) is 0 Å². The number of unbranched alkanes of at least 4 members (excludes halogenated alkanes) is 3. The van der Waals surface area contributed by atoms with Gasteiger partial charge in [0.15, 0.2) is 0 Å². The van der Waals surface area contributed by atoms with Crippen molar-refractivity contribution < 1.29 is 4.39 Å². The highest BCUT2D eigenvalue weighted by Gasteiger charge is 2.08. The van der Waals surface area contributed by atoms with E-state index in [2.05, 4.69) is 20.8 Å². The van der Waals surface area contributed by atoms with Crippen LogP contribution in [0, 0.1) is 5.92 Å². The second-order valence-electron chi connectivity index (χ2n) is 5.69. The first-order chi connectivity index (χ1) is 9.13.